The van der Waals surface area contributed by atoms with Gasteiger partial charge < -0.3 is 10.1 Å². The second kappa shape index (κ2) is 10.3. The number of para-hydroxylation sites is 1. The maximum Gasteiger partial charge on any atom is 0.160 e. The van der Waals surface area contributed by atoms with Crippen LogP contribution in [0.25, 0.3) is 5.82 Å². The molecule has 160 valence electrons. The zero-order valence-corrected chi connectivity index (χ0v) is 18.0. The predicted octanol–water partition coefficient (Wildman–Crippen LogP) is 2.89. The molecule has 0 bridgehead atoms. The first kappa shape index (κ1) is 21.1. The monoisotopic (exact) mass is 437 g/mol. The zero-order valence-electron chi connectivity index (χ0n) is 17.2. The Morgan fingerprint density at radius 2 is 1.94 bits per heavy atom. The molecule has 3 aromatic rings. The fourth-order valence-electron chi connectivity index (χ4n) is 3.24. The largest absolute Gasteiger partial charge is 0.383 e. The number of fused-ring (bicyclic) bond motifs is 1. The summed E-state index contributed by atoms with van der Waals surface area (Å²) in [5.41, 5.74) is 2.62. The van der Waals surface area contributed by atoms with Crippen molar-refractivity contribution in [1.29, 1.82) is 0 Å². The van der Waals surface area contributed by atoms with Crippen LogP contribution in [0.4, 0.5) is 11.4 Å². The highest BCUT2D eigenvalue weighted by Gasteiger charge is 2.23. The summed E-state index contributed by atoms with van der Waals surface area (Å²) in [5, 5.41) is 6.82. The van der Waals surface area contributed by atoms with Crippen LogP contribution in [0.3, 0.4) is 0 Å². The van der Waals surface area contributed by atoms with E-state index in [1.807, 2.05) is 66.7 Å². The highest BCUT2D eigenvalue weighted by Crippen LogP contribution is 2.25. The van der Waals surface area contributed by atoms with E-state index < -0.39 is 0 Å². The van der Waals surface area contributed by atoms with Gasteiger partial charge in [-0.3, -0.25) is 14.8 Å². The lowest BCUT2D eigenvalue weighted by molar-refractivity contribution is 0.113. The quantitative estimate of drug-likeness (QED) is 0.315. The molecule has 1 aromatic heterocycles. The molecule has 7 nitrogen and oxygen atoms in total. The van der Waals surface area contributed by atoms with Crippen LogP contribution in [0.1, 0.15) is 5.69 Å². The molecule has 0 amide bonds. The summed E-state index contributed by atoms with van der Waals surface area (Å²) in [6.45, 7) is 1.92. The Labute approximate surface area is 186 Å². The zero-order chi connectivity index (χ0) is 21.5. The minimum absolute atomic E-state index is 0.294. The Balaban J connectivity index is 1.76. The SMILES string of the molecule is COCCNc1ccc2c(c1)=C(N(OCc1ccccn1)c1ccccc1)N(Cl)CN=2. The number of nitrogens with zero attached hydrogens (tertiary/aromatic N) is 4. The molecule has 8 heteroatoms. The molecule has 0 saturated carbocycles. The summed E-state index contributed by atoms with van der Waals surface area (Å²) in [7, 11) is 1.68. The Bertz CT molecular complexity index is 1110. The lowest BCUT2D eigenvalue weighted by Crippen LogP contribution is -2.44. The van der Waals surface area contributed by atoms with Gasteiger partial charge in [-0.1, -0.05) is 24.3 Å². The number of hydroxylamine groups is 1. The lowest BCUT2D eigenvalue weighted by atomic mass is 10.2. The minimum Gasteiger partial charge on any atom is -0.383 e. The van der Waals surface area contributed by atoms with Crippen molar-refractivity contribution in [2.75, 3.05) is 37.3 Å². The van der Waals surface area contributed by atoms with Crippen molar-refractivity contribution in [2.24, 2.45) is 4.99 Å². The van der Waals surface area contributed by atoms with Crippen molar-refractivity contribution in [3.8, 4) is 0 Å². The van der Waals surface area contributed by atoms with Crippen molar-refractivity contribution >= 4 is 29.0 Å². The summed E-state index contributed by atoms with van der Waals surface area (Å²) in [4.78, 5) is 15.2. The van der Waals surface area contributed by atoms with Gasteiger partial charge in [0, 0.05) is 42.5 Å². The van der Waals surface area contributed by atoms with Gasteiger partial charge in [-0.05, 0) is 42.5 Å². The Morgan fingerprint density at radius 1 is 1.10 bits per heavy atom. The first-order chi connectivity index (χ1) is 15.3. The third-order valence-corrected chi connectivity index (χ3v) is 4.99. The molecule has 2 aromatic carbocycles. The number of hydrogen-bond donors (Lipinski definition) is 1. The van der Waals surface area contributed by atoms with Crippen LogP contribution in [0, 0.1) is 0 Å². The Morgan fingerprint density at radius 3 is 2.71 bits per heavy atom. The highest BCUT2D eigenvalue weighted by molar-refractivity contribution is 6.17. The smallest absolute Gasteiger partial charge is 0.160 e. The number of ether oxygens (including phenoxy) is 1. The van der Waals surface area contributed by atoms with Crippen molar-refractivity contribution in [3.05, 3.63) is 89.2 Å². The summed E-state index contributed by atoms with van der Waals surface area (Å²) in [6.07, 6.45) is 1.75. The second-order valence-corrected chi connectivity index (χ2v) is 7.27. The normalized spacial score (nSPS) is 12.8. The molecular weight excluding hydrogens is 414 g/mol. The van der Waals surface area contributed by atoms with Crippen molar-refractivity contribution in [1.82, 2.24) is 9.40 Å². The van der Waals surface area contributed by atoms with E-state index in [2.05, 4.69) is 15.3 Å². The van der Waals surface area contributed by atoms with Gasteiger partial charge in [0.15, 0.2) is 5.82 Å². The van der Waals surface area contributed by atoms with Crippen LogP contribution in [-0.2, 0) is 16.2 Å². The Hall–Kier alpha value is -3.13. The number of pyridine rings is 1. The van der Waals surface area contributed by atoms with Crippen LogP contribution in [0.15, 0.2) is 77.9 Å². The van der Waals surface area contributed by atoms with E-state index in [-0.39, 0.29) is 0 Å². The average molecular weight is 438 g/mol. The topological polar surface area (TPSA) is 62.2 Å². The van der Waals surface area contributed by atoms with E-state index in [9.17, 15) is 0 Å². The van der Waals surface area contributed by atoms with E-state index in [1.54, 1.807) is 22.8 Å². The molecule has 0 radical (unpaired) electrons. The number of nitrogens with one attached hydrogen (secondary N) is 1. The van der Waals surface area contributed by atoms with Crippen molar-refractivity contribution < 1.29 is 9.57 Å². The molecule has 0 saturated heterocycles. The fraction of sp³-hybridized carbons (Fsp3) is 0.217. The number of anilines is 2. The third kappa shape index (κ3) is 5.14. The summed E-state index contributed by atoms with van der Waals surface area (Å²) in [6, 6.07) is 21.6. The molecule has 0 atom stereocenters. The third-order valence-electron chi connectivity index (χ3n) is 4.72. The second-order valence-electron chi connectivity index (χ2n) is 6.86. The van der Waals surface area contributed by atoms with E-state index in [1.165, 1.54) is 0 Å². The summed E-state index contributed by atoms with van der Waals surface area (Å²) in [5.74, 6) is 0.698. The first-order valence-electron chi connectivity index (χ1n) is 9.99. The summed E-state index contributed by atoms with van der Waals surface area (Å²) >= 11 is 6.64. The van der Waals surface area contributed by atoms with Gasteiger partial charge in [0.05, 0.1) is 23.3 Å². The predicted molar refractivity (Wildman–Crippen MR) is 122 cm³/mol. The molecule has 0 spiro atoms. The van der Waals surface area contributed by atoms with Gasteiger partial charge in [-0.25, -0.2) is 9.48 Å². The van der Waals surface area contributed by atoms with Crippen molar-refractivity contribution in [2.45, 2.75) is 6.61 Å². The number of halogens is 1. The first-order valence-corrected chi connectivity index (χ1v) is 10.3. The van der Waals surface area contributed by atoms with Crippen LogP contribution in [-0.4, -0.2) is 36.3 Å². The standard InChI is InChI=1S/C23H24ClN5O2/c1-30-14-13-26-18-10-11-22-21(15-18)23(28(24)17-27-22)29(20-8-3-2-4-9-20)31-16-19-7-5-6-12-25-19/h2-12,15,26H,13-14,16-17H2,1H3. The minimum atomic E-state index is 0.294. The van der Waals surface area contributed by atoms with Gasteiger partial charge >= 0.3 is 0 Å². The molecule has 1 N–H and O–H groups in total. The Kier molecular flexibility index (Phi) is 6.99. The summed E-state index contributed by atoms with van der Waals surface area (Å²) < 4.78 is 6.70. The molecule has 0 fully saturated rings. The number of rotatable bonds is 9. The van der Waals surface area contributed by atoms with Crippen LogP contribution in [0.2, 0.25) is 0 Å². The van der Waals surface area contributed by atoms with Gasteiger partial charge in [-0.15, -0.1) is 0 Å². The number of benzene rings is 2. The van der Waals surface area contributed by atoms with Crippen LogP contribution < -0.4 is 21.0 Å². The van der Waals surface area contributed by atoms with Crippen LogP contribution in [0.5, 0.6) is 0 Å². The average Bonchev–Trinajstić information content (AvgIpc) is 2.82. The van der Waals surface area contributed by atoms with E-state index in [0.29, 0.717) is 32.2 Å². The molecule has 1 aliphatic heterocycles. The molecule has 1 aliphatic rings. The van der Waals surface area contributed by atoms with Gasteiger partial charge in [0.1, 0.15) is 13.3 Å². The molecule has 4 rings (SSSR count). The molecule has 2 heterocycles. The van der Waals surface area contributed by atoms with Gasteiger partial charge in [0.25, 0.3) is 0 Å². The van der Waals surface area contributed by atoms with Gasteiger partial charge in [-0.2, -0.15) is 0 Å². The number of methoxy groups -OCH3 is 1. The van der Waals surface area contributed by atoms with E-state index >= 15 is 0 Å². The van der Waals surface area contributed by atoms with Gasteiger partial charge in [0.2, 0.25) is 0 Å². The molecular formula is C23H24ClN5O2. The number of hydrogen-bond acceptors (Lipinski definition) is 7. The maximum atomic E-state index is 6.64. The van der Waals surface area contributed by atoms with Crippen LogP contribution >= 0.6 is 11.8 Å². The molecule has 0 aliphatic carbocycles. The van der Waals surface area contributed by atoms with E-state index in [4.69, 9.17) is 21.4 Å². The lowest BCUT2D eigenvalue weighted by Gasteiger charge is -2.31. The highest BCUT2D eigenvalue weighted by atomic mass is 35.5. The fourth-order valence-corrected chi connectivity index (χ4v) is 3.45. The van der Waals surface area contributed by atoms with Crippen molar-refractivity contribution in [3.63, 3.8) is 0 Å². The molecule has 31 heavy (non-hydrogen) atoms. The molecule has 0 unspecified atom stereocenters. The van der Waals surface area contributed by atoms with E-state index in [0.717, 1.165) is 27.6 Å². The maximum absolute atomic E-state index is 6.64. The number of aromatic nitrogens is 1.